The van der Waals surface area contributed by atoms with E-state index < -0.39 is 0 Å². The molecule has 2 heteroatoms. The van der Waals surface area contributed by atoms with Gasteiger partial charge in [0.25, 0.3) is 0 Å². The molecule has 1 heterocycles. The van der Waals surface area contributed by atoms with Gasteiger partial charge in [-0.1, -0.05) is 11.6 Å². The molecule has 1 rings (SSSR count). The summed E-state index contributed by atoms with van der Waals surface area (Å²) in [6, 6.07) is 0. The zero-order valence-corrected chi connectivity index (χ0v) is 5.56. The van der Waals surface area contributed by atoms with Crippen LogP contribution in [0.5, 0.6) is 0 Å². The first-order chi connectivity index (χ1) is 4.43. The van der Waals surface area contributed by atoms with Crippen molar-refractivity contribution in [3.05, 3.63) is 11.6 Å². The lowest BCUT2D eigenvalue weighted by molar-refractivity contribution is 0.340. The van der Waals surface area contributed by atoms with Gasteiger partial charge in [0.2, 0.25) is 0 Å². The van der Waals surface area contributed by atoms with Gasteiger partial charge in [-0.05, 0) is 19.4 Å². The maximum Gasteiger partial charge on any atom is 0.0615 e. The zero-order valence-electron chi connectivity index (χ0n) is 5.56. The van der Waals surface area contributed by atoms with Crippen molar-refractivity contribution < 1.29 is 5.11 Å². The van der Waals surface area contributed by atoms with Crippen molar-refractivity contribution in [3.63, 3.8) is 0 Å². The van der Waals surface area contributed by atoms with Crippen LogP contribution in [0.15, 0.2) is 11.6 Å². The average Bonchev–Trinajstić information content (AvgIpc) is 1.91. The van der Waals surface area contributed by atoms with Gasteiger partial charge in [-0.2, -0.15) is 0 Å². The minimum absolute atomic E-state index is 0.191. The zero-order chi connectivity index (χ0) is 6.53. The van der Waals surface area contributed by atoms with E-state index in [1.807, 2.05) is 6.08 Å². The standard InChI is InChI=1S/C7H13NO/c9-5-3-7-2-1-4-8-6-7/h3,8-9H,1-2,4-6H2. The van der Waals surface area contributed by atoms with E-state index in [9.17, 15) is 0 Å². The summed E-state index contributed by atoms with van der Waals surface area (Å²) in [6.45, 7) is 2.29. The van der Waals surface area contributed by atoms with Gasteiger partial charge in [0.05, 0.1) is 6.61 Å². The number of aliphatic hydroxyl groups is 1. The molecule has 0 amide bonds. The fraction of sp³-hybridized carbons (Fsp3) is 0.714. The van der Waals surface area contributed by atoms with Gasteiger partial charge in [-0.15, -0.1) is 0 Å². The van der Waals surface area contributed by atoms with Gasteiger partial charge in [0.15, 0.2) is 0 Å². The lowest BCUT2D eigenvalue weighted by Crippen LogP contribution is -2.23. The normalized spacial score (nSPS) is 24.8. The third-order valence-corrected chi connectivity index (χ3v) is 1.58. The minimum Gasteiger partial charge on any atom is -0.392 e. The van der Waals surface area contributed by atoms with Crippen molar-refractivity contribution in [2.75, 3.05) is 19.7 Å². The summed E-state index contributed by atoms with van der Waals surface area (Å²) in [5.74, 6) is 0. The highest BCUT2D eigenvalue weighted by molar-refractivity contribution is 5.06. The highest BCUT2D eigenvalue weighted by atomic mass is 16.2. The molecule has 0 spiro atoms. The van der Waals surface area contributed by atoms with Crippen LogP contribution in [0.25, 0.3) is 0 Å². The molecule has 1 aliphatic rings. The molecule has 0 saturated carbocycles. The lowest BCUT2D eigenvalue weighted by Gasteiger charge is -2.14. The fourth-order valence-corrected chi connectivity index (χ4v) is 1.08. The molecular formula is C7H13NO. The van der Waals surface area contributed by atoms with E-state index in [4.69, 9.17) is 5.11 Å². The van der Waals surface area contributed by atoms with Crippen molar-refractivity contribution in [3.8, 4) is 0 Å². The van der Waals surface area contributed by atoms with E-state index in [2.05, 4.69) is 5.32 Å². The van der Waals surface area contributed by atoms with Gasteiger partial charge in [-0.25, -0.2) is 0 Å². The lowest BCUT2D eigenvalue weighted by atomic mass is 10.1. The Morgan fingerprint density at radius 2 is 2.56 bits per heavy atom. The van der Waals surface area contributed by atoms with Crippen LogP contribution < -0.4 is 5.32 Å². The molecule has 2 nitrogen and oxygen atoms in total. The summed E-state index contributed by atoms with van der Waals surface area (Å²) in [7, 11) is 0. The summed E-state index contributed by atoms with van der Waals surface area (Å²) >= 11 is 0. The monoisotopic (exact) mass is 127 g/mol. The molecule has 0 aromatic heterocycles. The van der Waals surface area contributed by atoms with Gasteiger partial charge < -0.3 is 10.4 Å². The fourth-order valence-electron chi connectivity index (χ4n) is 1.08. The van der Waals surface area contributed by atoms with E-state index in [0.29, 0.717) is 0 Å². The molecule has 0 aromatic rings. The maximum absolute atomic E-state index is 8.51. The molecule has 1 aliphatic heterocycles. The molecule has 2 N–H and O–H groups in total. The topological polar surface area (TPSA) is 32.3 Å². The number of hydrogen-bond acceptors (Lipinski definition) is 2. The summed E-state index contributed by atoms with van der Waals surface area (Å²) in [5.41, 5.74) is 1.35. The number of hydrogen-bond donors (Lipinski definition) is 2. The first-order valence-corrected chi connectivity index (χ1v) is 3.43. The van der Waals surface area contributed by atoms with Crippen LogP contribution >= 0.6 is 0 Å². The van der Waals surface area contributed by atoms with Crippen LogP contribution in [0.3, 0.4) is 0 Å². The predicted molar refractivity (Wildman–Crippen MR) is 37.3 cm³/mol. The molecule has 9 heavy (non-hydrogen) atoms. The largest absolute Gasteiger partial charge is 0.392 e. The van der Waals surface area contributed by atoms with E-state index >= 15 is 0 Å². The number of rotatable bonds is 1. The van der Waals surface area contributed by atoms with E-state index in [1.54, 1.807) is 0 Å². The Labute approximate surface area is 55.6 Å². The van der Waals surface area contributed by atoms with Gasteiger partial charge in [0, 0.05) is 6.54 Å². The second kappa shape index (κ2) is 3.64. The van der Waals surface area contributed by atoms with Crippen LogP contribution in [0.2, 0.25) is 0 Å². The molecule has 1 fully saturated rings. The summed E-state index contributed by atoms with van der Waals surface area (Å²) in [4.78, 5) is 0. The van der Waals surface area contributed by atoms with Crippen LogP contribution in [-0.4, -0.2) is 24.8 Å². The first kappa shape index (κ1) is 6.78. The van der Waals surface area contributed by atoms with Crippen LogP contribution in [0, 0.1) is 0 Å². The Morgan fingerprint density at radius 1 is 1.67 bits per heavy atom. The Morgan fingerprint density at radius 3 is 3.11 bits per heavy atom. The third-order valence-electron chi connectivity index (χ3n) is 1.58. The molecule has 1 saturated heterocycles. The van der Waals surface area contributed by atoms with E-state index in [-0.39, 0.29) is 6.61 Å². The van der Waals surface area contributed by atoms with E-state index in [1.165, 1.54) is 12.0 Å². The molecule has 0 radical (unpaired) electrons. The summed E-state index contributed by atoms with van der Waals surface area (Å²) < 4.78 is 0. The second-order valence-corrected chi connectivity index (χ2v) is 2.33. The van der Waals surface area contributed by atoms with Crippen molar-refractivity contribution in [2.45, 2.75) is 12.8 Å². The van der Waals surface area contributed by atoms with Gasteiger partial charge in [-0.3, -0.25) is 0 Å². The molecule has 0 unspecified atom stereocenters. The molecule has 52 valence electrons. The average molecular weight is 127 g/mol. The second-order valence-electron chi connectivity index (χ2n) is 2.33. The summed E-state index contributed by atoms with van der Waals surface area (Å²) in [5, 5.41) is 11.8. The predicted octanol–water partition coefficient (Wildman–Crippen LogP) is 0.289. The van der Waals surface area contributed by atoms with E-state index in [0.717, 1.165) is 19.5 Å². The maximum atomic E-state index is 8.51. The third kappa shape index (κ3) is 2.16. The van der Waals surface area contributed by atoms with Crippen LogP contribution in [0.1, 0.15) is 12.8 Å². The Hall–Kier alpha value is -0.340. The van der Waals surface area contributed by atoms with Crippen molar-refractivity contribution >= 4 is 0 Å². The smallest absolute Gasteiger partial charge is 0.0615 e. The van der Waals surface area contributed by atoms with Gasteiger partial charge in [0.1, 0.15) is 0 Å². The summed E-state index contributed by atoms with van der Waals surface area (Å²) in [6.07, 6.45) is 4.27. The SMILES string of the molecule is OCC=C1CCCNC1. The minimum atomic E-state index is 0.191. The Balaban J connectivity index is 2.30. The molecule has 0 aromatic carbocycles. The molecular weight excluding hydrogens is 114 g/mol. The number of aliphatic hydroxyl groups excluding tert-OH is 1. The van der Waals surface area contributed by atoms with Crippen LogP contribution in [0.4, 0.5) is 0 Å². The van der Waals surface area contributed by atoms with Crippen LogP contribution in [-0.2, 0) is 0 Å². The first-order valence-electron chi connectivity index (χ1n) is 3.43. The highest BCUT2D eigenvalue weighted by Gasteiger charge is 2.01. The van der Waals surface area contributed by atoms with Crippen molar-refractivity contribution in [1.29, 1.82) is 0 Å². The Bertz CT molecular complexity index is 101. The van der Waals surface area contributed by atoms with Crippen molar-refractivity contribution in [1.82, 2.24) is 5.32 Å². The molecule has 0 aliphatic carbocycles. The number of piperidine rings is 1. The number of nitrogens with one attached hydrogen (secondary N) is 1. The van der Waals surface area contributed by atoms with Crippen molar-refractivity contribution in [2.24, 2.45) is 0 Å². The highest BCUT2D eigenvalue weighted by Crippen LogP contribution is 2.06. The molecule has 0 bridgehead atoms. The Kier molecular flexibility index (Phi) is 2.74. The van der Waals surface area contributed by atoms with Gasteiger partial charge >= 0.3 is 0 Å². The quantitative estimate of drug-likeness (QED) is 0.496. The molecule has 0 atom stereocenters.